The lowest BCUT2D eigenvalue weighted by atomic mass is 10.1. The first kappa shape index (κ1) is 14.5. The molecule has 1 saturated heterocycles. The van der Waals surface area contributed by atoms with Crippen LogP contribution in [-0.4, -0.2) is 58.9 Å². The van der Waals surface area contributed by atoms with E-state index < -0.39 is 11.9 Å². The Morgan fingerprint density at radius 2 is 2.17 bits per heavy atom. The minimum atomic E-state index is -0.918. The van der Waals surface area contributed by atoms with Crippen LogP contribution in [0, 0.1) is 5.92 Å². The van der Waals surface area contributed by atoms with Gasteiger partial charge in [-0.25, -0.2) is 0 Å². The Morgan fingerprint density at radius 3 is 2.61 bits per heavy atom. The first-order valence-corrected chi connectivity index (χ1v) is 6.24. The number of likely N-dealkylation sites (tertiary alicyclic amines) is 1. The van der Waals surface area contributed by atoms with Crippen molar-refractivity contribution in [3.8, 4) is 0 Å². The number of carbonyl (C=O) groups excluding carboxylic acids is 2. The van der Waals surface area contributed by atoms with Crippen molar-refractivity contribution in [1.29, 1.82) is 0 Å². The summed E-state index contributed by atoms with van der Waals surface area (Å²) in [5.74, 6) is -1.69. The van der Waals surface area contributed by atoms with Crippen molar-refractivity contribution >= 4 is 17.8 Å². The summed E-state index contributed by atoms with van der Waals surface area (Å²) in [5.41, 5.74) is 0. The third kappa shape index (κ3) is 3.72. The quantitative estimate of drug-likeness (QED) is 0.735. The predicted octanol–water partition coefficient (Wildman–Crippen LogP) is 0.178. The van der Waals surface area contributed by atoms with Crippen molar-refractivity contribution in [2.75, 3.05) is 26.2 Å². The molecule has 0 spiro atoms. The van der Waals surface area contributed by atoms with Crippen LogP contribution in [0.1, 0.15) is 26.7 Å². The number of nitrogens with zero attached hydrogens (tertiary/aromatic N) is 2. The van der Waals surface area contributed by atoms with Crippen LogP contribution in [0.5, 0.6) is 0 Å². The van der Waals surface area contributed by atoms with Crippen LogP contribution in [0.15, 0.2) is 0 Å². The van der Waals surface area contributed by atoms with E-state index >= 15 is 0 Å². The van der Waals surface area contributed by atoms with Gasteiger partial charge in [0.05, 0.1) is 12.5 Å². The van der Waals surface area contributed by atoms with Gasteiger partial charge in [-0.15, -0.1) is 0 Å². The molecule has 1 unspecified atom stereocenters. The maximum Gasteiger partial charge on any atom is 0.308 e. The van der Waals surface area contributed by atoms with Gasteiger partial charge in [0.25, 0.3) is 0 Å². The van der Waals surface area contributed by atoms with Gasteiger partial charge in [-0.05, 0) is 13.3 Å². The van der Waals surface area contributed by atoms with Crippen LogP contribution in [0.3, 0.4) is 0 Å². The zero-order valence-corrected chi connectivity index (χ0v) is 10.9. The third-order valence-corrected chi connectivity index (χ3v) is 3.15. The molecule has 0 aromatic heterocycles. The van der Waals surface area contributed by atoms with Crippen LogP contribution in [0.2, 0.25) is 0 Å². The fraction of sp³-hybridized carbons (Fsp3) is 0.750. The molecule has 18 heavy (non-hydrogen) atoms. The maximum absolute atomic E-state index is 12.0. The molecule has 1 heterocycles. The lowest BCUT2D eigenvalue weighted by Gasteiger charge is -2.25. The number of rotatable bonds is 6. The number of carboxylic acids is 1. The lowest BCUT2D eigenvalue weighted by molar-refractivity contribution is -0.144. The Bertz CT molecular complexity index is 343. The largest absolute Gasteiger partial charge is 0.481 e. The van der Waals surface area contributed by atoms with Crippen LogP contribution >= 0.6 is 0 Å². The zero-order chi connectivity index (χ0) is 13.7. The lowest BCUT2D eigenvalue weighted by Crippen LogP contribution is -2.43. The first-order chi connectivity index (χ1) is 8.45. The molecule has 1 N–H and O–H groups in total. The summed E-state index contributed by atoms with van der Waals surface area (Å²) >= 11 is 0. The average Bonchev–Trinajstić information content (AvgIpc) is 2.71. The summed E-state index contributed by atoms with van der Waals surface area (Å²) in [4.78, 5) is 37.2. The summed E-state index contributed by atoms with van der Waals surface area (Å²) in [6.45, 7) is 4.71. The molecule has 6 heteroatoms. The van der Waals surface area contributed by atoms with E-state index in [-0.39, 0.29) is 24.9 Å². The Kier molecular flexibility index (Phi) is 5.12. The second-order valence-corrected chi connectivity index (χ2v) is 4.59. The van der Waals surface area contributed by atoms with Gasteiger partial charge in [0, 0.05) is 26.1 Å². The van der Waals surface area contributed by atoms with Gasteiger partial charge in [-0.2, -0.15) is 0 Å². The van der Waals surface area contributed by atoms with Crippen molar-refractivity contribution in [2.24, 2.45) is 5.92 Å². The minimum Gasteiger partial charge on any atom is -0.481 e. The topological polar surface area (TPSA) is 77.9 Å². The Morgan fingerprint density at radius 1 is 1.50 bits per heavy atom. The number of carboxylic acid groups (broad SMARTS) is 1. The standard InChI is InChI=1S/C12H20N2O4/c1-3-13(7-9(2)12(17)18)11(16)8-14-6-4-5-10(14)15/h9H,3-8H2,1-2H3,(H,17,18). The fourth-order valence-corrected chi connectivity index (χ4v) is 1.95. The molecule has 6 nitrogen and oxygen atoms in total. The van der Waals surface area contributed by atoms with E-state index in [9.17, 15) is 14.4 Å². The van der Waals surface area contributed by atoms with Crippen LogP contribution in [0.25, 0.3) is 0 Å². The molecule has 1 aliphatic rings. The summed E-state index contributed by atoms with van der Waals surface area (Å²) < 4.78 is 0. The van der Waals surface area contributed by atoms with E-state index in [0.717, 1.165) is 6.42 Å². The molecule has 2 amide bonds. The van der Waals surface area contributed by atoms with E-state index in [2.05, 4.69) is 0 Å². The molecule has 0 aromatic carbocycles. The molecule has 0 radical (unpaired) electrons. The number of aliphatic carboxylic acids is 1. The highest BCUT2D eigenvalue weighted by Gasteiger charge is 2.25. The summed E-state index contributed by atoms with van der Waals surface area (Å²) in [7, 11) is 0. The van der Waals surface area contributed by atoms with Gasteiger partial charge >= 0.3 is 5.97 Å². The van der Waals surface area contributed by atoms with Gasteiger partial charge < -0.3 is 14.9 Å². The van der Waals surface area contributed by atoms with Gasteiger partial charge in [0.15, 0.2) is 0 Å². The Hall–Kier alpha value is -1.59. The van der Waals surface area contributed by atoms with E-state index in [0.29, 0.717) is 19.5 Å². The smallest absolute Gasteiger partial charge is 0.308 e. The second kappa shape index (κ2) is 6.37. The molecular weight excluding hydrogens is 236 g/mol. The SMILES string of the molecule is CCN(CC(C)C(=O)O)C(=O)CN1CCCC1=O. The van der Waals surface area contributed by atoms with Crippen LogP contribution < -0.4 is 0 Å². The third-order valence-electron chi connectivity index (χ3n) is 3.15. The van der Waals surface area contributed by atoms with E-state index in [1.807, 2.05) is 0 Å². The highest BCUT2D eigenvalue weighted by Crippen LogP contribution is 2.10. The Balaban J connectivity index is 2.51. The molecule has 102 valence electrons. The van der Waals surface area contributed by atoms with Crippen molar-refractivity contribution in [2.45, 2.75) is 26.7 Å². The highest BCUT2D eigenvalue weighted by atomic mass is 16.4. The molecular formula is C12H20N2O4. The average molecular weight is 256 g/mol. The van der Waals surface area contributed by atoms with Gasteiger partial charge in [0.2, 0.25) is 11.8 Å². The van der Waals surface area contributed by atoms with Crippen LogP contribution in [-0.2, 0) is 14.4 Å². The minimum absolute atomic E-state index is 0.00526. The normalized spacial score (nSPS) is 16.8. The molecule has 1 fully saturated rings. The number of amides is 2. The summed E-state index contributed by atoms with van der Waals surface area (Å²) in [6, 6.07) is 0. The number of hydrogen-bond donors (Lipinski definition) is 1. The van der Waals surface area contributed by atoms with Crippen LogP contribution in [0.4, 0.5) is 0 Å². The van der Waals surface area contributed by atoms with E-state index in [4.69, 9.17) is 5.11 Å². The molecule has 0 bridgehead atoms. The maximum atomic E-state index is 12.0. The first-order valence-electron chi connectivity index (χ1n) is 6.24. The van der Waals surface area contributed by atoms with Gasteiger partial charge in [-0.1, -0.05) is 6.92 Å². The van der Waals surface area contributed by atoms with Crippen molar-refractivity contribution in [3.05, 3.63) is 0 Å². The fourth-order valence-electron chi connectivity index (χ4n) is 1.95. The van der Waals surface area contributed by atoms with Gasteiger partial charge in [0.1, 0.15) is 0 Å². The summed E-state index contributed by atoms with van der Waals surface area (Å²) in [6.07, 6.45) is 1.30. The molecule has 1 aliphatic heterocycles. The number of hydrogen-bond acceptors (Lipinski definition) is 3. The molecule has 1 rings (SSSR count). The molecule has 0 aliphatic carbocycles. The monoisotopic (exact) mass is 256 g/mol. The molecule has 0 aromatic rings. The zero-order valence-electron chi connectivity index (χ0n) is 10.9. The predicted molar refractivity (Wildman–Crippen MR) is 64.9 cm³/mol. The second-order valence-electron chi connectivity index (χ2n) is 4.59. The van der Waals surface area contributed by atoms with Gasteiger partial charge in [-0.3, -0.25) is 14.4 Å². The Labute approximate surface area is 107 Å². The summed E-state index contributed by atoms with van der Waals surface area (Å²) in [5, 5.41) is 8.83. The number of carbonyl (C=O) groups is 3. The van der Waals surface area contributed by atoms with Crippen molar-refractivity contribution < 1.29 is 19.5 Å². The highest BCUT2D eigenvalue weighted by molar-refractivity contribution is 5.86. The van der Waals surface area contributed by atoms with E-state index in [1.165, 1.54) is 9.80 Å². The molecule has 0 saturated carbocycles. The number of likely N-dealkylation sites (N-methyl/N-ethyl adjacent to an activating group) is 1. The van der Waals surface area contributed by atoms with E-state index in [1.54, 1.807) is 13.8 Å². The molecule has 1 atom stereocenters. The van der Waals surface area contributed by atoms with Crippen molar-refractivity contribution in [3.63, 3.8) is 0 Å². The van der Waals surface area contributed by atoms with Crippen molar-refractivity contribution in [1.82, 2.24) is 9.80 Å².